The molecule has 3 atom stereocenters. The molecule has 0 spiro atoms. The van der Waals surface area contributed by atoms with Gasteiger partial charge in [-0.3, -0.25) is 23.7 Å². The van der Waals surface area contributed by atoms with E-state index in [-0.39, 0.29) is 69.0 Å². The van der Waals surface area contributed by atoms with Gasteiger partial charge in [0.15, 0.2) is 5.78 Å². The molecule has 5 aromatic heterocycles. The lowest BCUT2D eigenvalue weighted by Gasteiger charge is -2.32. The Morgan fingerprint density at radius 3 is 1.83 bits per heavy atom. The number of carbonyl (C=O) groups is 1. The second-order valence-electron chi connectivity index (χ2n) is 21.1. The van der Waals surface area contributed by atoms with E-state index in [1.807, 2.05) is 139 Å². The van der Waals surface area contributed by atoms with Crippen molar-refractivity contribution in [2.75, 3.05) is 22.1 Å². The van der Waals surface area contributed by atoms with Crippen LogP contribution in [-0.4, -0.2) is 63.8 Å². The van der Waals surface area contributed by atoms with E-state index < -0.39 is 13.0 Å². The zero-order valence-corrected chi connectivity index (χ0v) is 48.1. The lowest BCUT2D eigenvalue weighted by atomic mass is 9.74. The van der Waals surface area contributed by atoms with E-state index in [1.54, 1.807) is 55.3 Å². The van der Waals surface area contributed by atoms with Crippen LogP contribution in [0.5, 0.6) is 0 Å². The second-order valence-corrected chi connectivity index (χ2v) is 21.5. The Morgan fingerprint density at radius 2 is 1.25 bits per heavy atom. The maximum absolute atomic E-state index is 14.3. The molecule has 1 aliphatic heterocycles. The topological polar surface area (TPSA) is 238 Å². The van der Waals surface area contributed by atoms with Crippen LogP contribution >= 0.6 is 11.6 Å². The Balaban J connectivity index is 0.000000161. The maximum Gasteiger partial charge on any atom is 0.496 e. The fourth-order valence-electron chi connectivity index (χ4n) is 9.84. The molecule has 9 aromatic rings. The predicted molar refractivity (Wildman–Crippen MR) is 331 cm³/mol. The standard InChI is InChI=1S/C29H24N6O2.C22H17ClN6O.C12H18BNO3/c1-17(33-28-23(31-2)15-32-29(30)34-28)22-14-19-10-7-11-21(20-12-13-24(36)35(3)16-20)26(19)27(37)25(22)18-8-5-4-6-9-18;1-13(27-20-17(25-2)12-26-22(24)28-20)18-11-14-7-6-10-16(23)19(14)21(30)29(18)15-8-4-3-5-9-15;1-11(2)12(3,4)17-13(16-11)9-6-7-10(15)14(5)8-9/h4-17,25H,1,3H3,(H3,30,32,33,34);3-13H,1H3,(H3,24,26,27,28);6-8H,1-5H3/t17-,25?;13-;/m00./s1. The van der Waals surface area contributed by atoms with Gasteiger partial charge < -0.3 is 40.5 Å². The van der Waals surface area contributed by atoms with Crippen LogP contribution in [0.1, 0.15) is 80.7 Å². The normalized spacial score (nSPS) is 15.4. The lowest BCUT2D eigenvalue weighted by molar-refractivity contribution is 0.00578. The van der Waals surface area contributed by atoms with Crippen molar-refractivity contribution < 1.29 is 14.1 Å². The minimum atomic E-state index is -0.555. The number of benzene rings is 4. The van der Waals surface area contributed by atoms with Crippen molar-refractivity contribution in [2.24, 2.45) is 14.1 Å². The molecular weight excluding hydrogens is 1080 g/mol. The Labute approximate surface area is 490 Å². The SMILES string of the molecule is Cn1cc(B2OC(C)(C)C(C)(C)O2)ccc1=O.[C-]#[N+]c1cnc(N)nc1N[C@@H](C)C1=Cc2cccc(-c3ccc(=O)n(C)c3)c2C(=O)C1c1ccccc1.[C-]#[N+]c1cnc(N)nc1N[C@@H](C)c1cc2cccc(Cl)c2c(=O)n1-c1ccccc1. The minimum Gasteiger partial charge on any atom is -0.399 e. The van der Waals surface area contributed by atoms with Crippen molar-refractivity contribution in [3.8, 4) is 16.8 Å². The first kappa shape index (κ1) is 58.7. The largest absolute Gasteiger partial charge is 0.496 e. The summed E-state index contributed by atoms with van der Waals surface area (Å²) >= 11 is 6.35. The zero-order chi connectivity index (χ0) is 60.2. The summed E-state index contributed by atoms with van der Waals surface area (Å²) in [7, 11) is 3.00. The molecule has 1 saturated heterocycles. The average Bonchev–Trinajstić information content (AvgIpc) is 1.19. The van der Waals surface area contributed by atoms with Gasteiger partial charge in [0.25, 0.3) is 5.56 Å². The molecule has 0 amide bonds. The molecule has 2 aliphatic rings. The number of hydrogen-bond donors (Lipinski definition) is 4. The number of anilines is 4. The number of hydrogen-bond acceptors (Lipinski definition) is 14. The monoisotopic (exact) mass is 1140 g/mol. The van der Waals surface area contributed by atoms with Gasteiger partial charge in [-0.15, -0.1) is 0 Å². The maximum atomic E-state index is 14.3. The molecule has 19 nitrogen and oxygen atoms in total. The van der Waals surface area contributed by atoms with Crippen LogP contribution in [0, 0.1) is 13.1 Å². The molecule has 1 fully saturated rings. The molecule has 0 radical (unpaired) electrons. The number of Topliss-reactive ketones (excluding diaryl/α,β-unsaturated/α-hetero) is 1. The summed E-state index contributed by atoms with van der Waals surface area (Å²) in [6.45, 7) is 26.6. The van der Waals surface area contributed by atoms with E-state index in [0.29, 0.717) is 39.0 Å². The molecule has 422 valence electrons. The number of para-hydroxylation sites is 1. The Hall–Kier alpha value is -9.99. The van der Waals surface area contributed by atoms with E-state index in [9.17, 15) is 19.2 Å². The third-order valence-electron chi connectivity index (χ3n) is 14.9. The van der Waals surface area contributed by atoms with Crippen LogP contribution in [0.15, 0.2) is 172 Å². The molecule has 6 N–H and O–H groups in total. The summed E-state index contributed by atoms with van der Waals surface area (Å²) in [5.74, 6) is 0.151. The van der Waals surface area contributed by atoms with E-state index in [0.717, 1.165) is 38.7 Å². The van der Waals surface area contributed by atoms with Crippen molar-refractivity contribution in [3.05, 3.63) is 239 Å². The number of halogens is 1. The summed E-state index contributed by atoms with van der Waals surface area (Å²) in [6, 6.07) is 37.7. The second kappa shape index (κ2) is 24.2. The van der Waals surface area contributed by atoms with Gasteiger partial charge in [0, 0.05) is 74.0 Å². The number of rotatable bonds is 10. The lowest BCUT2D eigenvalue weighted by Crippen LogP contribution is -2.41. The van der Waals surface area contributed by atoms with Gasteiger partial charge in [0.05, 0.1) is 46.7 Å². The molecule has 21 heteroatoms. The number of fused-ring (bicyclic) bond motifs is 2. The zero-order valence-electron chi connectivity index (χ0n) is 47.3. The molecule has 0 bridgehead atoms. The van der Waals surface area contributed by atoms with E-state index in [2.05, 4.69) is 40.3 Å². The van der Waals surface area contributed by atoms with E-state index >= 15 is 0 Å². The Bertz CT molecular complexity index is 4290. The van der Waals surface area contributed by atoms with Crippen LogP contribution in [0.2, 0.25) is 5.02 Å². The van der Waals surface area contributed by atoms with Gasteiger partial charge >= 0.3 is 7.12 Å². The van der Waals surface area contributed by atoms with Crippen LogP contribution in [-0.2, 0) is 23.4 Å². The van der Waals surface area contributed by atoms with E-state index in [1.165, 1.54) is 33.7 Å². The number of nitrogens with one attached hydrogen (secondary N) is 2. The predicted octanol–water partition coefficient (Wildman–Crippen LogP) is 10.3. The first-order valence-corrected chi connectivity index (χ1v) is 27.0. The number of pyridine rings is 3. The van der Waals surface area contributed by atoms with Gasteiger partial charge in [-0.25, -0.2) is 29.6 Å². The highest BCUT2D eigenvalue weighted by Gasteiger charge is 2.52. The molecule has 11 rings (SSSR count). The fraction of sp³-hybridized carbons (Fsp3) is 0.206. The number of nitrogen functional groups attached to an aromatic ring is 2. The summed E-state index contributed by atoms with van der Waals surface area (Å²) in [6.07, 6.45) is 8.28. The number of aromatic nitrogens is 7. The van der Waals surface area contributed by atoms with Crippen LogP contribution < -0.4 is 44.2 Å². The summed E-state index contributed by atoms with van der Waals surface area (Å²) in [5.41, 5.74) is 17.8. The summed E-state index contributed by atoms with van der Waals surface area (Å²) in [4.78, 5) is 74.1. The van der Waals surface area contributed by atoms with Crippen LogP contribution in [0.3, 0.4) is 0 Å². The highest BCUT2D eigenvalue weighted by atomic mass is 35.5. The Morgan fingerprint density at radius 1 is 0.690 bits per heavy atom. The first-order chi connectivity index (χ1) is 40.1. The van der Waals surface area contributed by atoms with Gasteiger partial charge in [-0.2, -0.15) is 0 Å². The van der Waals surface area contributed by atoms with Gasteiger partial charge in [0.2, 0.25) is 34.4 Å². The van der Waals surface area contributed by atoms with Crippen molar-refractivity contribution in [1.82, 2.24) is 33.6 Å². The summed E-state index contributed by atoms with van der Waals surface area (Å²) in [5, 5.41) is 8.06. The van der Waals surface area contributed by atoms with Crippen molar-refractivity contribution in [1.29, 1.82) is 0 Å². The van der Waals surface area contributed by atoms with Gasteiger partial charge in [-0.1, -0.05) is 103 Å². The van der Waals surface area contributed by atoms with Crippen molar-refractivity contribution in [2.45, 2.75) is 70.7 Å². The highest BCUT2D eigenvalue weighted by Crippen LogP contribution is 2.42. The molecule has 4 aromatic carbocycles. The van der Waals surface area contributed by atoms with Crippen LogP contribution in [0.25, 0.3) is 43.4 Å². The average molecular weight is 1140 g/mol. The Kier molecular flexibility index (Phi) is 16.9. The number of aryl methyl sites for hydroxylation is 2. The number of carbonyl (C=O) groups excluding carboxylic acids is 1. The third-order valence-corrected chi connectivity index (χ3v) is 15.2. The fourth-order valence-corrected chi connectivity index (χ4v) is 10.1. The minimum absolute atomic E-state index is 0.0368. The van der Waals surface area contributed by atoms with Gasteiger partial charge in [0.1, 0.15) is 11.6 Å². The molecule has 84 heavy (non-hydrogen) atoms. The van der Waals surface area contributed by atoms with Crippen molar-refractivity contribution in [3.63, 3.8) is 0 Å². The molecule has 6 heterocycles. The number of nitrogens with zero attached hydrogens (tertiary/aromatic N) is 9. The molecule has 1 unspecified atom stereocenters. The smallest absolute Gasteiger partial charge is 0.399 e. The third kappa shape index (κ3) is 12.1. The van der Waals surface area contributed by atoms with E-state index in [4.69, 9.17) is 45.5 Å². The van der Waals surface area contributed by atoms with Crippen LogP contribution in [0.4, 0.5) is 34.9 Å². The van der Waals surface area contributed by atoms with Gasteiger partial charge in [-0.05, 0) is 111 Å². The quantitative estimate of drug-likeness (QED) is 0.0736. The number of ketones is 1. The number of nitrogens with two attached hydrogens (primary N) is 2. The molecule has 0 saturated carbocycles. The van der Waals surface area contributed by atoms with Crippen molar-refractivity contribution >= 4 is 81.7 Å². The highest BCUT2D eigenvalue weighted by molar-refractivity contribution is 6.62. The molecular formula is C63H59BClN13O6. The first-order valence-electron chi connectivity index (χ1n) is 26.6. The summed E-state index contributed by atoms with van der Waals surface area (Å²) < 4.78 is 16.5. The molecule has 1 aliphatic carbocycles.